The van der Waals surface area contributed by atoms with Gasteiger partial charge in [0.15, 0.2) is 0 Å². The van der Waals surface area contributed by atoms with Crippen molar-refractivity contribution in [1.82, 2.24) is 4.90 Å². The van der Waals surface area contributed by atoms with Gasteiger partial charge >= 0.3 is 0 Å². The number of nitrogens with zero attached hydrogens (tertiary/aromatic N) is 1. The van der Waals surface area contributed by atoms with E-state index in [9.17, 15) is 13.9 Å². The average Bonchev–Trinajstić information content (AvgIpc) is 2.79. The molecule has 0 bridgehead atoms. The first-order chi connectivity index (χ1) is 8.58. The first-order valence-corrected chi connectivity index (χ1v) is 6.50. The molecule has 4 heteroatoms. The summed E-state index contributed by atoms with van der Waals surface area (Å²) in [5.74, 6) is -1.00. The standard InChI is InChI=1S/C14H17F2NO/c15-10-3-4-13(16)12(8-10)14(18)5-7-17-6-1-2-11(17)9-14/h3-4,8,11,18H,1-2,5-7,9H2. The van der Waals surface area contributed by atoms with Crippen molar-refractivity contribution < 1.29 is 13.9 Å². The van der Waals surface area contributed by atoms with Crippen molar-refractivity contribution in [3.8, 4) is 0 Å². The van der Waals surface area contributed by atoms with Gasteiger partial charge in [-0.25, -0.2) is 8.78 Å². The summed E-state index contributed by atoms with van der Waals surface area (Å²) in [6, 6.07) is 3.64. The minimum absolute atomic E-state index is 0.119. The second-order valence-corrected chi connectivity index (χ2v) is 5.44. The van der Waals surface area contributed by atoms with Gasteiger partial charge in [-0.2, -0.15) is 0 Å². The van der Waals surface area contributed by atoms with Gasteiger partial charge in [-0.3, -0.25) is 0 Å². The van der Waals surface area contributed by atoms with E-state index in [0.29, 0.717) is 18.9 Å². The van der Waals surface area contributed by atoms with Gasteiger partial charge in [0.2, 0.25) is 0 Å². The third-order valence-corrected chi connectivity index (χ3v) is 4.31. The van der Waals surface area contributed by atoms with Crippen LogP contribution in [0, 0.1) is 11.6 Å². The molecule has 1 aromatic carbocycles. The number of hydrogen-bond donors (Lipinski definition) is 1. The summed E-state index contributed by atoms with van der Waals surface area (Å²) in [7, 11) is 0. The van der Waals surface area contributed by atoms with Gasteiger partial charge in [-0.05, 0) is 50.4 Å². The summed E-state index contributed by atoms with van der Waals surface area (Å²) in [4.78, 5) is 2.34. The molecule has 2 aliphatic heterocycles. The second kappa shape index (κ2) is 4.28. The quantitative estimate of drug-likeness (QED) is 0.830. The molecule has 2 heterocycles. The van der Waals surface area contributed by atoms with E-state index in [0.717, 1.165) is 44.1 Å². The summed E-state index contributed by atoms with van der Waals surface area (Å²) in [6.07, 6.45) is 3.16. The summed E-state index contributed by atoms with van der Waals surface area (Å²) >= 11 is 0. The van der Waals surface area contributed by atoms with Crippen LogP contribution in [0.5, 0.6) is 0 Å². The number of piperidine rings is 1. The van der Waals surface area contributed by atoms with Gasteiger partial charge in [0.05, 0.1) is 5.60 Å². The largest absolute Gasteiger partial charge is 0.385 e. The molecule has 0 spiro atoms. The van der Waals surface area contributed by atoms with Crippen molar-refractivity contribution in [2.24, 2.45) is 0 Å². The Morgan fingerprint density at radius 1 is 1.28 bits per heavy atom. The molecule has 2 atom stereocenters. The minimum Gasteiger partial charge on any atom is -0.385 e. The predicted octanol–water partition coefficient (Wildman–Crippen LogP) is 2.41. The van der Waals surface area contributed by atoms with E-state index in [1.807, 2.05) is 0 Å². The third-order valence-electron chi connectivity index (χ3n) is 4.31. The highest BCUT2D eigenvalue weighted by Crippen LogP contribution is 2.40. The molecule has 98 valence electrons. The van der Waals surface area contributed by atoms with Crippen LogP contribution in [0.1, 0.15) is 31.2 Å². The van der Waals surface area contributed by atoms with Crippen molar-refractivity contribution in [3.63, 3.8) is 0 Å². The Hall–Kier alpha value is -1.00. The molecular formula is C14H17F2NO. The van der Waals surface area contributed by atoms with Gasteiger partial charge in [-0.15, -0.1) is 0 Å². The van der Waals surface area contributed by atoms with Crippen molar-refractivity contribution in [1.29, 1.82) is 0 Å². The van der Waals surface area contributed by atoms with E-state index in [1.165, 1.54) is 0 Å². The fourth-order valence-electron chi connectivity index (χ4n) is 3.34. The summed E-state index contributed by atoms with van der Waals surface area (Å²) in [5, 5.41) is 10.7. The number of aliphatic hydroxyl groups is 1. The lowest BCUT2D eigenvalue weighted by molar-refractivity contribution is -0.0434. The minimum atomic E-state index is -1.21. The molecule has 0 amide bonds. The van der Waals surface area contributed by atoms with Gasteiger partial charge in [0.25, 0.3) is 0 Å². The van der Waals surface area contributed by atoms with Crippen molar-refractivity contribution >= 4 is 0 Å². The Kier molecular flexibility index (Phi) is 2.87. The Morgan fingerprint density at radius 3 is 2.94 bits per heavy atom. The fraction of sp³-hybridized carbons (Fsp3) is 0.571. The maximum absolute atomic E-state index is 13.8. The van der Waals surface area contributed by atoms with Crippen molar-refractivity contribution in [2.45, 2.75) is 37.3 Å². The van der Waals surface area contributed by atoms with Crippen LogP contribution in [-0.4, -0.2) is 29.1 Å². The molecular weight excluding hydrogens is 236 g/mol. The predicted molar refractivity (Wildman–Crippen MR) is 64.1 cm³/mol. The van der Waals surface area contributed by atoms with Crippen LogP contribution >= 0.6 is 0 Å². The van der Waals surface area contributed by atoms with E-state index in [4.69, 9.17) is 0 Å². The zero-order valence-corrected chi connectivity index (χ0v) is 10.2. The molecule has 1 aromatic rings. The molecule has 18 heavy (non-hydrogen) atoms. The van der Waals surface area contributed by atoms with Gasteiger partial charge in [-0.1, -0.05) is 0 Å². The molecule has 2 saturated heterocycles. The molecule has 1 N–H and O–H groups in total. The lowest BCUT2D eigenvalue weighted by atomic mass is 9.80. The van der Waals surface area contributed by atoms with Gasteiger partial charge in [0.1, 0.15) is 11.6 Å². The normalized spacial score (nSPS) is 32.5. The Bertz CT molecular complexity index is 465. The molecule has 2 nitrogen and oxygen atoms in total. The molecule has 0 aliphatic carbocycles. The van der Waals surface area contributed by atoms with Crippen LogP contribution < -0.4 is 0 Å². The van der Waals surface area contributed by atoms with Crippen LogP contribution in [-0.2, 0) is 5.60 Å². The number of halogens is 2. The van der Waals surface area contributed by atoms with E-state index < -0.39 is 17.2 Å². The Labute approximate surface area is 105 Å². The zero-order valence-electron chi connectivity index (χ0n) is 10.2. The number of rotatable bonds is 1. The lowest BCUT2D eigenvalue weighted by Gasteiger charge is -2.41. The smallest absolute Gasteiger partial charge is 0.129 e. The fourth-order valence-corrected chi connectivity index (χ4v) is 3.34. The molecule has 2 aliphatic rings. The lowest BCUT2D eigenvalue weighted by Crippen LogP contribution is -2.46. The average molecular weight is 253 g/mol. The molecule has 0 aromatic heterocycles. The van der Waals surface area contributed by atoms with E-state index in [1.54, 1.807) is 0 Å². The Morgan fingerprint density at radius 2 is 2.11 bits per heavy atom. The van der Waals surface area contributed by atoms with Gasteiger partial charge in [0, 0.05) is 18.2 Å². The van der Waals surface area contributed by atoms with E-state index >= 15 is 0 Å². The van der Waals surface area contributed by atoms with Crippen LogP contribution in [0.2, 0.25) is 0 Å². The van der Waals surface area contributed by atoms with E-state index in [-0.39, 0.29) is 5.56 Å². The zero-order chi connectivity index (χ0) is 12.8. The van der Waals surface area contributed by atoms with Crippen LogP contribution in [0.3, 0.4) is 0 Å². The molecule has 0 radical (unpaired) electrons. The summed E-state index contributed by atoms with van der Waals surface area (Å²) in [5.41, 5.74) is -1.09. The monoisotopic (exact) mass is 253 g/mol. The second-order valence-electron chi connectivity index (χ2n) is 5.44. The summed E-state index contributed by atoms with van der Waals surface area (Å²) in [6.45, 7) is 1.82. The molecule has 2 fully saturated rings. The highest BCUT2D eigenvalue weighted by Gasteiger charge is 2.42. The maximum atomic E-state index is 13.8. The number of benzene rings is 1. The topological polar surface area (TPSA) is 23.5 Å². The third kappa shape index (κ3) is 1.93. The SMILES string of the molecule is OC1(c2cc(F)ccc2F)CCN2CCCC2C1. The molecule has 3 rings (SSSR count). The first kappa shape index (κ1) is 12.1. The number of fused-ring (bicyclic) bond motifs is 1. The summed E-state index contributed by atoms with van der Waals surface area (Å²) < 4.78 is 27.1. The van der Waals surface area contributed by atoms with Crippen LogP contribution in [0.4, 0.5) is 8.78 Å². The van der Waals surface area contributed by atoms with Crippen molar-refractivity contribution in [2.75, 3.05) is 13.1 Å². The van der Waals surface area contributed by atoms with Crippen LogP contribution in [0.15, 0.2) is 18.2 Å². The van der Waals surface area contributed by atoms with Gasteiger partial charge < -0.3 is 10.0 Å². The Balaban J connectivity index is 1.92. The highest BCUT2D eigenvalue weighted by molar-refractivity contribution is 5.26. The van der Waals surface area contributed by atoms with E-state index in [2.05, 4.69) is 4.90 Å². The number of hydrogen-bond acceptors (Lipinski definition) is 2. The highest BCUT2D eigenvalue weighted by atomic mass is 19.1. The first-order valence-electron chi connectivity index (χ1n) is 6.50. The van der Waals surface area contributed by atoms with Crippen LogP contribution in [0.25, 0.3) is 0 Å². The van der Waals surface area contributed by atoms with Crippen molar-refractivity contribution in [3.05, 3.63) is 35.4 Å². The molecule has 2 unspecified atom stereocenters. The maximum Gasteiger partial charge on any atom is 0.129 e. The molecule has 0 saturated carbocycles.